The summed E-state index contributed by atoms with van der Waals surface area (Å²) in [4.78, 5) is 13.1. The third-order valence-corrected chi connectivity index (χ3v) is 5.60. The molecule has 1 heterocycles. The molecular formula is C26H28N2O3. The van der Waals surface area contributed by atoms with Gasteiger partial charge in [-0.15, -0.1) is 0 Å². The zero-order valence-electron chi connectivity index (χ0n) is 18.5. The lowest BCUT2D eigenvalue weighted by Gasteiger charge is -2.14. The highest BCUT2D eigenvalue weighted by atomic mass is 16.5. The van der Waals surface area contributed by atoms with Gasteiger partial charge in [-0.25, -0.2) is 4.79 Å². The Morgan fingerprint density at radius 3 is 2.61 bits per heavy atom. The first-order valence-corrected chi connectivity index (χ1v) is 10.8. The van der Waals surface area contributed by atoms with Crippen molar-refractivity contribution in [1.82, 2.24) is 0 Å². The van der Waals surface area contributed by atoms with Crippen molar-refractivity contribution in [3.63, 3.8) is 0 Å². The molecule has 31 heavy (non-hydrogen) atoms. The number of benzene rings is 2. The maximum Gasteiger partial charge on any atom is 0.379 e. The largest absolute Gasteiger partial charge is 0.453 e. The number of carbonyl (C=O) groups excluding carboxylic acids is 1. The standard InChI is InChI=1S/C26H28N2O3/c1-16(2)20-14-13-17(3)15-23(20)31-26(29)25-18(4)24-21(11-8-12-22(24)30-25)28-27-19-9-6-5-7-10-19/h5-7,9-10,13-16,27H,8,11-12H2,1-4H3/b28-21+. The molecule has 3 aromatic rings. The van der Waals surface area contributed by atoms with Gasteiger partial charge < -0.3 is 9.15 Å². The summed E-state index contributed by atoms with van der Waals surface area (Å²) in [7, 11) is 0. The Bertz CT molecular complexity index is 1130. The third-order valence-electron chi connectivity index (χ3n) is 5.60. The fourth-order valence-corrected chi connectivity index (χ4v) is 3.97. The summed E-state index contributed by atoms with van der Waals surface area (Å²) in [6, 6.07) is 15.8. The van der Waals surface area contributed by atoms with Crippen molar-refractivity contribution in [3.8, 4) is 5.75 Å². The van der Waals surface area contributed by atoms with Gasteiger partial charge in [0.15, 0.2) is 0 Å². The van der Waals surface area contributed by atoms with Crippen molar-refractivity contribution in [2.75, 3.05) is 5.43 Å². The average molecular weight is 417 g/mol. The van der Waals surface area contributed by atoms with Gasteiger partial charge in [-0.3, -0.25) is 5.43 Å². The molecular weight excluding hydrogens is 388 g/mol. The molecule has 0 bridgehead atoms. The number of furan rings is 1. The summed E-state index contributed by atoms with van der Waals surface area (Å²) in [6.07, 6.45) is 2.55. The van der Waals surface area contributed by atoms with Crippen molar-refractivity contribution < 1.29 is 13.9 Å². The summed E-state index contributed by atoms with van der Waals surface area (Å²) in [5.74, 6) is 1.44. The molecule has 0 fully saturated rings. The molecule has 1 aliphatic carbocycles. The molecule has 0 atom stereocenters. The van der Waals surface area contributed by atoms with Gasteiger partial charge in [0.25, 0.3) is 0 Å². The zero-order valence-corrected chi connectivity index (χ0v) is 18.5. The number of aryl methyl sites for hydroxylation is 2. The van der Waals surface area contributed by atoms with Crippen LogP contribution in [-0.2, 0) is 6.42 Å². The van der Waals surface area contributed by atoms with Crippen molar-refractivity contribution in [2.45, 2.75) is 52.9 Å². The molecule has 0 amide bonds. The highest BCUT2D eigenvalue weighted by molar-refractivity contribution is 6.06. The van der Waals surface area contributed by atoms with Crippen LogP contribution < -0.4 is 10.2 Å². The molecule has 0 spiro atoms. The summed E-state index contributed by atoms with van der Waals surface area (Å²) < 4.78 is 11.8. The fraction of sp³-hybridized carbons (Fsp3) is 0.308. The SMILES string of the molecule is Cc1ccc(C(C)C)c(OC(=O)c2oc3c(c2C)/C(=N/Nc2ccccc2)CCC3)c1. The predicted molar refractivity (Wildman–Crippen MR) is 123 cm³/mol. The lowest BCUT2D eigenvalue weighted by atomic mass is 9.93. The first-order valence-electron chi connectivity index (χ1n) is 10.8. The van der Waals surface area contributed by atoms with E-state index in [1.807, 2.05) is 62.4 Å². The van der Waals surface area contributed by atoms with Gasteiger partial charge in [-0.2, -0.15) is 5.10 Å². The molecule has 5 nitrogen and oxygen atoms in total. The van der Waals surface area contributed by atoms with Crippen LogP contribution in [0.5, 0.6) is 5.75 Å². The first kappa shape index (κ1) is 20.9. The van der Waals surface area contributed by atoms with Crippen LogP contribution in [0.4, 0.5) is 5.69 Å². The van der Waals surface area contributed by atoms with Gasteiger partial charge in [0.1, 0.15) is 11.5 Å². The van der Waals surface area contributed by atoms with E-state index in [4.69, 9.17) is 9.15 Å². The number of carbonyl (C=O) groups is 1. The average Bonchev–Trinajstić information content (AvgIpc) is 3.10. The summed E-state index contributed by atoms with van der Waals surface area (Å²) >= 11 is 0. The zero-order chi connectivity index (χ0) is 22.0. The van der Waals surface area contributed by atoms with E-state index in [2.05, 4.69) is 24.4 Å². The molecule has 1 aromatic heterocycles. The monoisotopic (exact) mass is 416 g/mol. The Morgan fingerprint density at radius 2 is 1.87 bits per heavy atom. The number of esters is 1. The Labute approximate surface area is 183 Å². The lowest BCUT2D eigenvalue weighted by Crippen LogP contribution is -2.14. The van der Waals surface area contributed by atoms with E-state index < -0.39 is 5.97 Å². The van der Waals surface area contributed by atoms with Crippen molar-refractivity contribution in [2.24, 2.45) is 5.10 Å². The normalized spacial score (nSPS) is 14.5. The summed E-state index contributed by atoms with van der Waals surface area (Å²) in [5.41, 5.74) is 8.70. The number of ether oxygens (including phenoxy) is 1. The minimum atomic E-state index is -0.463. The minimum absolute atomic E-state index is 0.247. The van der Waals surface area contributed by atoms with Crippen LogP contribution >= 0.6 is 0 Å². The van der Waals surface area contributed by atoms with E-state index in [0.29, 0.717) is 5.75 Å². The minimum Gasteiger partial charge on any atom is -0.453 e. The van der Waals surface area contributed by atoms with Gasteiger partial charge in [0, 0.05) is 17.5 Å². The van der Waals surface area contributed by atoms with Crippen LogP contribution in [0.15, 0.2) is 58.0 Å². The Kier molecular flexibility index (Phi) is 5.94. The van der Waals surface area contributed by atoms with E-state index in [1.54, 1.807) is 0 Å². The lowest BCUT2D eigenvalue weighted by molar-refractivity contribution is 0.0696. The molecule has 0 unspecified atom stereocenters. The Hall–Kier alpha value is -3.34. The van der Waals surface area contributed by atoms with Gasteiger partial charge in [-0.1, -0.05) is 44.2 Å². The van der Waals surface area contributed by atoms with Crippen LogP contribution in [0.3, 0.4) is 0 Å². The number of rotatable bonds is 5. The second-order valence-corrected chi connectivity index (χ2v) is 8.33. The summed E-state index contributed by atoms with van der Waals surface area (Å²) in [5, 5.41) is 4.62. The van der Waals surface area contributed by atoms with Crippen LogP contribution in [-0.4, -0.2) is 11.7 Å². The topological polar surface area (TPSA) is 63.8 Å². The molecule has 160 valence electrons. The van der Waals surface area contributed by atoms with Crippen LogP contribution in [0.2, 0.25) is 0 Å². The van der Waals surface area contributed by atoms with E-state index in [-0.39, 0.29) is 11.7 Å². The van der Waals surface area contributed by atoms with E-state index >= 15 is 0 Å². The number of nitrogens with zero attached hydrogens (tertiary/aromatic N) is 1. The number of para-hydroxylation sites is 1. The molecule has 1 N–H and O–H groups in total. The molecule has 0 saturated carbocycles. The second-order valence-electron chi connectivity index (χ2n) is 8.33. The summed E-state index contributed by atoms with van der Waals surface area (Å²) in [6.45, 7) is 8.06. The molecule has 5 heteroatoms. The Morgan fingerprint density at radius 1 is 1.10 bits per heavy atom. The predicted octanol–water partition coefficient (Wildman–Crippen LogP) is 6.39. The smallest absolute Gasteiger partial charge is 0.379 e. The number of hydrogen-bond acceptors (Lipinski definition) is 5. The van der Waals surface area contributed by atoms with Crippen molar-refractivity contribution >= 4 is 17.4 Å². The molecule has 1 aliphatic rings. The van der Waals surface area contributed by atoms with E-state index in [9.17, 15) is 4.79 Å². The highest BCUT2D eigenvalue weighted by Crippen LogP contribution is 2.32. The van der Waals surface area contributed by atoms with Gasteiger partial charge >= 0.3 is 5.97 Å². The number of fused-ring (bicyclic) bond motifs is 1. The molecule has 0 saturated heterocycles. The van der Waals surface area contributed by atoms with Gasteiger partial charge in [0.2, 0.25) is 5.76 Å². The highest BCUT2D eigenvalue weighted by Gasteiger charge is 2.29. The van der Waals surface area contributed by atoms with Crippen LogP contribution in [0, 0.1) is 13.8 Å². The number of hydrogen-bond donors (Lipinski definition) is 1. The first-order chi connectivity index (χ1) is 14.9. The third kappa shape index (κ3) is 4.41. The van der Waals surface area contributed by atoms with Gasteiger partial charge in [-0.05, 0) is 61.9 Å². The van der Waals surface area contributed by atoms with Crippen LogP contribution in [0.1, 0.15) is 71.2 Å². The number of anilines is 1. The second kappa shape index (κ2) is 8.80. The van der Waals surface area contributed by atoms with Gasteiger partial charge in [0.05, 0.1) is 11.4 Å². The maximum atomic E-state index is 13.1. The van der Waals surface area contributed by atoms with Crippen LogP contribution in [0.25, 0.3) is 0 Å². The Balaban J connectivity index is 1.62. The fourth-order valence-electron chi connectivity index (χ4n) is 3.97. The molecule has 0 radical (unpaired) electrons. The maximum absolute atomic E-state index is 13.1. The molecule has 2 aromatic carbocycles. The van der Waals surface area contributed by atoms with E-state index in [0.717, 1.165) is 58.7 Å². The number of nitrogens with one attached hydrogen (secondary N) is 1. The van der Waals surface area contributed by atoms with Crippen molar-refractivity contribution in [3.05, 3.63) is 82.3 Å². The molecule has 0 aliphatic heterocycles. The number of hydrazone groups is 1. The molecule has 4 rings (SSSR count). The van der Waals surface area contributed by atoms with E-state index in [1.165, 1.54) is 0 Å². The van der Waals surface area contributed by atoms with Crippen molar-refractivity contribution in [1.29, 1.82) is 0 Å². The quantitative estimate of drug-likeness (QED) is 0.297.